The number of nitrogens with zero attached hydrogens (tertiary/aromatic N) is 1. The van der Waals surface area contributed by atoms with Crippen LogP contribution in [0.3, 0.4) is 0 Å². The van der Waals surface area contributed by atoms with E-state index in [2.05, 4.69) is 0 Å². The normalized spacial score (nSPS) is 19.2. The van der Waals surface area contributed by atoms with E-state index in [1.165, 1.54) is 12.1 Å². The summed E-state index contributed by atoms with van der Waals surface area (Å²) in [5, 5.41) is 8.94. The molecule has 0 radical (unpaired) electrons. The molecule has 1 amide bonds. The first-order valence-corrected chi connectivity index (χ1v) is 6.27. The number of ether oxygens (including phenoxy) is 1. The highest BCUT2D eigenvalue weighted by Crippen LogP contribution is 2.16. The summed E-state index contributed by atoms with van der Waals surface area (Å²) in [5.74, 6) is -1.16. The van der Waals surface area contributed by atoms with Gasteiger partial charge in [0, 0.05) is 25.8 Å². The lowest BCUT2D eigenvalue weighted by Crippen LogP contribution is -2.42. The van der Waals surface area contributed by atoms with Crippen molar-refractivity contribution in [1.82, 2.24) is 4.90 Å². The van der Waals surface area contributed by atoms with Gasteiger partial charge in [0.1, 0.15) is 0 Å². The number of methoxy groups -OCH3 is 1. The minimum Gasteiger partial charge on any atom is -0.478 e. The van der Waals surface area contributed by atoms with Gasteiger partial charge in [0.2, 0.25) is 0 Å². The summed E-state index contributed by atoms with van der Waals surface area (Å²) in [6.07, 6.45) is 1.93. The SMILES string of the molecule is COC1CCCN(C(=O)c2cccc(C(=O)O)c2)C1. The van der Waals surface area contributed by atoms with Crippen LogP contribution in [0.4, 0.5) is 0 Å². The van der Waals surface area contributed by atoms with Crippen LogP contribution in [0.15, 0.2) is 24.3 Å². The third-order valence-corrected chi connectivity index (χ3v) is 3.36. The summed E-state index contributed by atoms with van der Waals surface area (Å²) in [4.78, 5) is 24.9. The van der Waals surface area contributed by atoms with Crippen LogP contribution in [0.5, 0.6) is 0 Å². The van der Waals surface area contributed by atoms with E-state index in [1.54, 1.807) is 24.1 Å². The molecule has 102 valence electrons. The number of piperidine rings is 1. The fourth-order valence-electron chi connectivity index (χ4n) is 2.28. The van der Waals surface area contributed by atoms with E-state index in [0.717, 1.165) is 12.8 Å². The number of likely N-dealkylation sites (tertiary alicyclic amines) is 1. The molecule has 19 heavy (non-hydrogen) atoms. The molecule has 1 aliphatic heterocycles. The predicted octanol–water partition coefficient (Wildman–Crippen LogP) is 1.64. The number of rotatable bonds is 3. The molecule has 5 nitrogen and oxygen atoms in total. The lowest BCUT2D eigenvalue weighted by molar-refractivity contribution is 0.0269. The summed E-state index contributed by atoms with van der Waals surface area (Å²) in [6.45, 7) is 1.25. The van der Waals surface area contributed by atoms with Gasteiger partial charge in [-0.05, 0) is 31.0 Å². The van der Waals surface area contributed by atoms with Gasteiger partial charge in [-0.1, -0.05) is 6.07 Å². The average Bonchev–Trinajstić information content (AvgIpc) is 2.46. The molecule has 1 N–H and O–H groups in total. The number of hydrogen-bond donors (Lipinski definition) is 1. The van der Waals surface area contributed by atoms with E-state index in [4.69, 9.17) is 9.84 Å². The van der Waals surface area contributed by atoms with Crippen molar-refractivity contribution in [1.29, 1.82) is 0 Å². The molecule has 1 unspecified atom stereocenters. The van der Waals surface area contributed by atoms with Crippen molar-refractivity contribution < 1.29 is 19.4 Å². The number of benzene rings is 1. The molecule has 1 aliphatic rings. The molecule has 1 aromatic carbocycles. The van der Waals surface area contributed by atoms with Crippen LogP contribution in [-0.2, 0) is 4.74 Å². The van der Waals surface area contributed by atoms with E-state index >= 15 is 0 Å². The van der Waals surface area contributed by atoms with Gasteiger partial charge in [-0.2, -0.15) is 0 Å². The van der Waals surface area contributed by atoms with Crippen LogP contribution >= 0.6 is 0 Å². The Balaban J connectivity index is 2.14. The zero-order valence-corrected chi connectivity index (χ0v) is 10.8. The molecule has 0 spiro atoms. The van der Waals surface area contributed by atoms with Gasteiger partial charge in [0.05, 0.1) is 11.7 Å². The highest BCUT2D eigenvalue weighted by Gasteiger charge is 2.24. The molecule has 1 saturated heterocycles. The Labute approximate surface area is 111 Å². The number of carboxylic acids is 1. The molecule has 1 heterocycles. The first-order chi connectivity index (χ1) is 9.11. The van der Waals surface area contributed by atoms with E-state index in [-0.39, 0.29) is 17.6 Å². The fourth-order valence-corrected chi connectivity index (χ4v) is 2.28. The Hall–Kier alpha value is -1.88. The number of amides is 1. The minimum absolute atomic E-state index is 0.0698. The standard InChI is InChI=1S/C14H17NO4/c1-19-12-6-3-7-15(9-12)13(16)10-4-2-5-11(8-10)14(17)18/h2,4-5,8,12H,3,6-7,9H2,1H3,(H,17,18). The number of aromatic carboxylic acids is 1. The van der Waals surface area contributed by atoms with Gasteiger partial charge in [0.25, 0.3) is 5.91 Å². The zero-order valence-electron chi connectivity index (χ0n) is 10.8. The Kier molecular flexibility index (Phi) is 4.16. The van der Waals surface area contributed by atoms with Crippen molar-refractivity contribution in [2.45, 2.75) is 18.9 Å². The quantitative estimate of drug-likeness (QED) is 0.900. The lowest BCUT2D eigenvalue weighted by Gasteiger charge is -2.32. The maximum absolute atomic E-state index is 12.3. The Bertz CT molecular complexity index is 486. The lowest BCUT2D eigenvalue weighted by atomic mass is 10.1. The molecule has 1 atom stereocenters. The fraction of sp³-hybridized carbons (Fsp3) is 0.429. The molecule has 0 saturated carbocycles. The van der Waals surface area contributed by atoms with Gasteiger partial charge >= 0.3 is 5.97 Å². The molecule has 5 heteroatoms. The van der Waals surface area contributed by atoms with E-state index < -0.39 is 5.97 Å². The van der Waals surface area contributed by atoms with Gasteiger partial charge in [-0.25, -0.2) is 4.79 Å². The first kappa shape index (κ1) is 13.5. The van der Waals surface area contributed by atoms with Gasteiger partial charge in [-0.3, -0.25) is 4.79 Å². The molecular formula is C14H17NO4. The maximum Gasteiger partial charge on any atom is 0.335 e. The van der Waals surface area contributed by atoms with E-state index in [0.29, 0.717) is 18.7 Å². The van der Waals surface area contributed by atoms with Gasteiger partial charge in [-0.15, -0.1) is 0 Å². The molecule has 0 bridgehead atoms. The zero-order chi connectivity index (χ0) is 13.8. The topological polar surface area (TPSA) is 66.8 Å². The summed E-state index contributed by atoms with van der Waals surface area (Å²) in [5.41, 5.74) is 0.544. The van der Waals surface area contributed by atoms with E-state index in [1.807, 2.05) is 0 Å². The average molecular weight is 263 g/mol. The third kappa shape index (κ3) is 3.12. The largest absolute Gasteiger partial charge is 0.478 e. The van der Waals surface area contributed by atoms with Crippen LogP contribution in [0.2, 0.25) is 0 Å². The monoisotopic (exact) mass is 263 g/mol. The van der Waals surface area contributed by atoms with Crippen molar-refractivity contribution in [2.24, 2.45) is 0 Å². The van der Waals surface area contributed by atoms with Crippen LogP contribution in [0, 0.1) is 0 Å². The van der Waals surface area contributed by atoms with Crippen LogP contribution in [0.25, 0.3) is 0 Å². The van der Waals surface area contributed by atoms with Gasteiger partial charge < -0.3 is 14.7 Å². The van der Waals surface area contributed by atoms with Crippen molar-refractivity contribution in [3.63, 3.8) is 0 Å². The third-order valence-electron chi connectivity index (χ3n) is 3.36. The minimum atomic E-state index is -1.02. The Morgan fingerprint density at radius 3 is 2.79 bits per heavy atom. The molecule has 0 aliphatic carbocycles. The molecule has 2 rings (SSSR count). The van der Waals surface area contributed by atoms with Crippen molar-refractivity contribution in [2.75, 3.05) is 20.2 Å². The van der Waals surface area contributed by atoms with Crippen LogP contribution in [0.1, 0.15) is 33.6 Å². The molecule has 1 aromatic rings. The molecular weight excluding hydrogens is 246 g/mol. The second-order valence-corrected chi connectivity index (χ2v) is 4.64. The second kappa shape index (κ2) is 5.84. The molecule has 1 fully saturated rings. The predicted molar refractivity (Wildman–Crippen MR) is 69.3 cm³/mol. The van der Waals surface area contributed by atoms with Crippen molar-refractivity contribution in [3.8, 4) is 0 Å². The molecule has 0 aromatic heterocycles. The maximum atomic E-state index is 12.3. The highest BCUT2D eigenvalue weighted by molar-refractivity contribution is 5.97. The highest BCUT2D eigenvalue weighted by atomic mass is 16.5. The summed E-state index contributed by atoms with van der Waals surface area (Å²) >= 11 is 0. The number of carbonyl (C=O) groups is 2. The van der Waals surface area contributed by atoms with Crippen molar-refractivity contribution in [3.05, 3.63) is 35.4 Å². The summed E-state index contributed by atoms with van der Waals surface area (Å²) < 4.78 is 5.28. The smallest absolute Gasteiger partial charge is 0.335 e. The van der Waals surface area contributed by atoms with E-state index in [9.17, 15) is 9.59 Å². The number of carboxylic acid groups (broad SMARTS) is 1. The van der Waals surface area contributed by atoms with Gasteiger partial charge in [0.15, 0.2) is 0 Å². The summed E-state index contributed by atoms with van der Waals surface area (Å²) in [6, 6.07) is 6.13. The second-order valence-electron chi connectivity index (χ2n) is 4.64. The Morgan fingerprint density at radius 1 is 1.37 bits per heavy atom. The number of hydrogen-bond acceptors (Lipinski definition) is 3. The summed E-state index contributed by atoms with van der Waals surface area (Å²) in [7, 11) is 1.64. The Morgan fingerprint density at radius 2 is 2.11 bits per heavy atom. The van der Waals surface area contributed by atoms with Crippen LogP contribution < -0.4 is 0 Å². The van der Waals surface area contributed by atoms with Crippen molar-refractivity contribution >= 4 is 11.9 Å². The van der Waals surface area contributed by atoms with Crippen LogP contribution in [-0.4, -0.2) is 48.2 Å². The first-order valence-electron chi connectivity index (χ1n) is 6.27. The number of carbonyl (C=O) groups excluding carboxylic acids is 1.